The van der Waals surface area contributed by atoms with Crippen LogP contribution in [0.15, 0.2) is 24.3 Å². The maximum absolute atomic E-state index is 12.1. The fourth-order valence-electron chi connectivity index (χ4n) is 2.49. The Morgan fingerprint density at radius 2 is 1.90 bits per heavy atom. The van der Waals surface area contributed by atoms with Gasteiger partial charge in [-0.2, -0.15) is 0 Å². The first-order valence-corrected chi connectivity index (χ1v) is 7.18. The van der Waals surface area contributed by atoms with Crippen LogP contribution < -0.4 is 16.8 Å². The Morgan fingerprint density at radius 3 is 2.57 bits per heavy atom. The Hall–Kier alpha value is -1.92. The number of likely N-dealkylation sites (tertiary alicyclic amines) is 1. The lowest BCUT2D eigenvalue weighted by atomic mass is 10.1. The van der Waals surface area contributed by atoms with Crippen molar-refractivity contribution in [2.24, 2.45) is 11.5 Å². The van der Waals surface area contributed by atoms with E-state index in [1.807, 2.05) is 12.1 Å². The van der Waals surface area contributed by atoms with Crippen LogP contribution in [0.2, 0.25) is 0 Å². The van der Waals surface area contributed by atoms with E-state index in [-0.39, 0.29) is 18.4 Å². The van der Waals surface area contributed by atoms with E-state index in [0.29, 0.717) is 12.2 Å². The van der Waals surface area contributed by atoms with E-state index >= 15 is 0 Å². The van der Waals surface area contributed by atoms with Crippen molar-refractivity contribution in [3.63, 3.8) is 0 Å². The predicted octanol–water partition coefficient (Wildman–Crippen LogP) is 0.0760. The molecule has 5 N–H and O–H groups in total. The third-order valence-corrected chi connectivity index (χ3v) is 3.66. The number of hydrogen-bond donors (Lipinski definition) is 3. The number of para-hydroxylation sites is 1. The summed E-state index contributed by atoms with van der Waals surface area (Å²) in [5.41, 5.74) is 12.4. The summed E-state index contributed by atoms with van der Waals surface area (Å²) < 4.78 is 0. The molecule has 1 aromatic carbocycles. The quantitative estimate of drug-likeness (QED) is 0.714. The van der Waals surface area contributed by atoms with Crippen molar-refractivity contribution in [2.45, 2.75) is 25.3 Å². The lowest BCUT2D eigenvalue weighted by molar-refractivity contribution is -0.118. The van der Waals surface area contributed by atoms with Crippen LogP contribution in [0.1, 0.15) is 18.4 Å². The zero-order valence-electron chi connectivity index (χ0n) is 12.0. The highest BCUT2D eigenvalue weighted by atomic mass is 16.2. The minimum absolute atomic E-state index is 0.0811. The van der Waals surface area contributed by atoms with E-state index in [4.69, 9.17) is 11.5 Å². The van der Waals surface area contributed by atoms with Gasteiger partial charge in [0.2, 0.25) is 11.8 Å². The molecule has 0 saturated carbocycles. The highest BCUT2D eigenvalue weighted by Crippen LogP contribution is 2.16. The molecule has 1 fully saturated rings. The van der Waals surface area contributed by atoms with Gasteiger partial charge in [-0.15, -0.1) is 0 Å². The molecular formula is C15H22N4O2. The monoisotopic (exact) mass is 290 g/mol. The number of hydrogen-bond acceptors (Lipinski definition) is 4. The molecule has 6 nitrogen and oxygen atoms in total. The Morgan fingerprint density at radius 1 is 1.24 bits per heavy atom. The standard InChI is InChI=1S/C15H22N4O2/c16-12-5-7-19(8-6-12)10-15(21)18-13-4-2-1-3-11(13)9-14(17)20/h1-4,12H,5-10,16H2,(H2,17,20)(H,18,21). The molecule has 0 radical (unpaired) electrons. The summed E-state index contributed by atoms with van der Waals surface area (Å²) in [6.45, 7) is 2.03. The molecule has 0 aliphatic carbocycles. The smallest absolute Gasteiger partial charge is 0.238 e. The lowest BCUT2D eigenvalue weighted by Crippen LogP contribution is -2.43. The highest BCUT2D eigenvalue weighted by molar-refractivity contribution is 5.93. The van der Waals surface area contributed by atoms with E-state index in [1.165, 1.54) is 0 Å². The predicted molar refractivity (Wildman–Crippen MR) is 81.6 cm³/mol. The van der Waals surface area contributed by atoms with Gasteiger partial charge >= 0.3 is 0 Å². The summed E-state index contributed by atoms with van der Waals surface area (Å²) in [7, 11) is 0. The number of anilines is 1. The Labute approximate surface area is 124 Å². The van der Waals surface area contributed by atoms with Gasteiger partial charge in [-0.05, 0) is 24.5 Å². The molecule has 114 valence electrons. The first kappa shape index (κ1) is 15.5. The molecule has 2 amide bonds. The summed E-state index contributed by atoms with van der Waals surface area (Å²) in [5.74, 6) is -0.496. The van der Waals surface area contributed by atoms with Crippen LogP contribution in [0.4, 0.5) is 5.69 Å². The number of nitrogens with zero attached hydrogens (tertiary/aromatic N) is 1. The summed E-state index contributed by atoms with van der Waals surface area (Å²) in [6, 6.07) is 7.46. The SMILES string of the molecule is NC(=O)Cc1ccccc1NC(=O)CN1CCC(N)CC1. The first-order chi connectivity index (χ1) is 10.0. The van der Waals surface area contributed by atoms with Crippen LogP contribution in [0.3, 0.4) is 0 Å². The second-order valence-corrected chi connectivity index (χ2v) is 5.46. The molecule has 2 rings (SSSR count). The lowest BCUT2D eigenvalue weighted by Gasteiger charge is -2.29. The van der Waals surface area contributed by atoms with E-state index in [0.717, 1.165) is 31.5 Å². The molecule has 6 heteroatoms. The summed E-state index contributed by atoms with van der Waals surface area (Å²) >= 11 is 0. The Balaban J connectivity index is 1.92. The molecule has 0 aromatic heterocycles. The van der Waals surface area contributed by atoms with Gasteiger partial charge in [-0.1, -0.05) is 18.2 Å². The Kier molecular flexibility index (Phi) is 5.30. The molecule has 1 aromatic rings. The number of primary amides is 1. The van der Waals surface area contributed by atoms with Crippen molar-refractivity contribution >= 4 is 17.5 Å². The van der Waals surface area contributed by atoms with Crippen LogP contribution in [0.5, 0.6) is 0 Å². The van der Waals surface area contributed by atoms with Crippen molar-refractivity contribution < 1.29 is 9.59 Å². The van der Waals surface area contributed by atoms with E-state index in [2.05, 4.69) is 10.2 Å². The van der Waals surface area contributed by atoms with E-state index in [9.17, 15) is 9.59 Å². The van der Waals surface area contributed by atoms with Crippen LogP contribution in [-0.4, -0.2) is 42.4 Å². The molecule has 1 heterocycles. The van der Waals surface area contributed by atoms with Crippen LogP contribution >= 0.6 is 0 Å². The number of carbonyl (C=O) groups excluding carboxylic acids is 2. The normalized spacial score (nSPS) is 16.6. The molecule has 0 unspecified atom stereocenters. The van der Waals surface area contributed by atoms with Crippen LogP contribution in [0, 0.1) is 0 Å². The molecule has 0 atom stereocenters. The number of nitrogens with two attached hydrogens (primary N) is 2. The minimum Gasteiger partial charge on any atom is -0.369 e. The third-order valence-electron chi connectivity index (χ3n) is 3.66. The summed E-state index contributed by atoms with van der Waals surface area (Å²) in [4.78, 5) is 25.2. The van der Waals surface area contributed by atoms with Gasteiger partial charge in [0.05, 0.1) is 13.0 Å². The van der Waals surface area contributed by atoms with Gasteiger partial charge in [-0.25, -0.2) is 0 Å². The van der Waals surface area contributed by atoms with Gasteiger partial charge in [0.15, 0.2) is 0 Å². The first-order valence-electron chi connectivity index (χ1n) is 7.18. The van der Waals surface area contributed by atoms with Gasteiger partial charge in [0, 0.05) is 24.8 Å². The van der Waals surface area contributed by atoms with Crippen molar-refractivity contribution in [3.8, 4) is 0 Å². The van der Waals surface area contributed by atoms with E-state index < -0.39 is 5.91 Å². The van der Waals surface area contributed by atoms with Gasteiger partial charge in [0.1, 0.15) is 0 Å². The average molecular weight is 290 g/mol. The number of piperidine rings is 1. The van der Waals surface area contributed by atoms with Gasteiger partial charge in [0.25, 0.3) is 0 Å². The van der Waals surface area contributed by atoms with Gasteiger partial charge < -0.3 is 16.8 Å². The topological polar surface area (TPSA) is 101 Å². The Bertz CT molecular complexity index is 510. The van der Waals surface area contributed by atoms with Crippen molar-refractivity contribution in [3.05, 3.63) is 29.8 Å². The number of carbonyl (C=O) groups is 2. The summed E-state index contributed by atoms with van der Waals surface area (Å²) in [6.07, 6.45) is 1.96. The van der Waals surface area contributed by atoms with E-state index in [1.54, 1.807) is 12.1 Å². The van der Waals surface area contributed by atoms with Gasteiger partial charge in [-0.3, -0.25) is 14.5 Å². The molecular weight excluding hydrogens is 268 g/mol. The van der Waals surface area contributed by atoms with Crippen LogP contribution in [0.25, 0.3) is 0 Å². The highest BCUT2D eigenvalue weighted by Gasteiger charge is 2.18. The zero-order valence-corrected chi connectivity index (χ0v) is 12.0. The molecule has 1 aliphatic rings. The van der Waals surface area contributed by atoms with Crippen molar-refractivity contribution in [2.75, 3.05) is 25.0 Å². The number of benzene rings is 1. The number of amides is 2. The zero-order chi connectivity index (χ0) is 15.2. The number of rotatable bonds is 5. The second kappa shape index (κ2) is 7.19. The molecule has 1 aliphatic heterocycles. The van der Waals surface area contributed by atoms with Crippen LogP contribution in [-0.2, 0) is 16.0 Å². The second-order valence-electron chi connectivity index (χ2n) is 5.46. The largest absolute Gasteiger partial charge is 0.369 e. The average Bonchev–Trinajstić information content (AvgIpc) is 2.43. The third kappa shape index (κ3) is 4.84. The minimum atomic E-state index is -0.415. The fraction of sp³-hybridized carbons (Fsp3) is 0.467. The maximum Gasteiger partial charge on any atom is 0.238 e. The molecule has 0 spiro atoms. The molecule has 21 heavy (non-hydrogen) atoms. The van der Waals surface area contributed by atoms with Crippen molar-refractivity contribution in [1.82, 2.24) is 4.90 Å². The maximum atomic E-state index is 12.1. The van der Waals surface area contributed by atoms with Crippen molar-refractivity contribution in [1.29, 1.82) is 0 Å². The molecule has 1 saturated heterocycles. The molecule has 0 bridgehead atoms. The number of nitrogens with one attached hydrogen (secondary N) is 1. The fourth-order valence-corrected chi connectivity index (χ4v) is 2.49. The summed E-state index contributed by atoms with van der Waals surface area (Å²) in [5, 5.41) is 2.85.